The van der Waals surface area contributed by atoms with Crippen LogP contribution in [-0.2, 0) is 0 Å². The van der Waals surface area contributed by atoms with E-state index in [2.05, 4.69) is 18.9 Å². The zero-order valence-corrected chi connectivity index (χ0v) is 11.4. The lowest BCUT2D eigenvalue weighted by Crippen LogP contribution is -2.37. The van der Waals surface area contributed by atoms with Gasteiger partial charge in [-0.15, -0.1) is 0 Å². The zero-order chi connectivity index (χ0) is 12.3. The third-order valence-electron chi connectivity index (χ3n) is 4.37. The van der Waals surface area contributed by atoms with Crippen LogP contribution in [0.15, 0.2) is 11.1 Å². The Morgan fingerprint density at radius 3 is 2.06 bits per heavy atom. The molecule has 0 amide bonds. The number of rotatable bonds is 0. The summed E-state index contributed by atoms with van der Waals surface area (Å²) in [4.78, 5) is 2.35. The molecule has 0 bridgehead atoms. The second kappa shape index (κ2) is 5.31. The van der Waals surface area contributed by atoms with E-state index in [1.54, 1.807) is 0 Å². The average molecular weight is 227 g/mol. The molecular weight excluding hydrogens is 201 g/mol. The van der Waals surface area contributed by atoms with Gasteiger partial charge in [0.1, 0.15) is 6.17 Å². The largest absolute Gasteiger partial charge is 0.306 e. The van der Waals surface area contributed by atoms with Gasteiger partial charge < -0.3 is 4.90 Å². The SMILES string of the molecule is CC.CC1=C(C)C2(CCN(C)CC2)CC1F. The lowest BCUT2D eigenvalue weighted by atomic mass is 9.73. The fourth-order valence-electron chi connectivity index (χ4n) is 2.93. The molecule has 1 saturated heterocycles. The van der Waals surface area contributed by atoms with Crippen molar-refractivity contribution in [1.29, 1.82) is 0 Å². The van der Waals surface area contributed by atoms with Crippen molar-refractivity contribution in [3.63, 3.8) is 0 Å². The summed E-state index contributed by atoms with van der Waals surface area (Å²) in [6.07, 6.45) is 2.37. The maximum absolute atomic E-state index is 13.6. The molecule has 1 nitrogen and oxygen atoms in total. The van der Waals surface area contributed by atoms with Crippen LogP contribution in [0.1, 0.15) is 47.0 Å². The molecule has 1 unspecified atom stereocenters. The van der Waals surface area contributed by atoms with Gasteiger partial charge in [0.05, 0.1) is 0 Å². The first-order chi connectivity index (χ1) is 7.55. The molecule has 1 aliphatic heterocycles. The summed E-state index contributed by atoms with van der Waals surface area (Å²) in [5, 5.41) is 0. The molecule has 1 spiro atoms. The molecule has 0 aromatic rings. The molecule has 0 radical (unpaired) electrons. The summed E-state index contributed by atoms with van der Waals surface area (Å²) < 4.78 is 13.6. The van der Waals surface area contributed by atoms with Crippen molar-refractivity contribution in [2.75, 3.05) is 20.1 Å². The maximum atomic E-state index is 13.6. The summed E-state index contributed by atoms with van der Waals surface area (Å²) in [5.74, 6) is 0. The molecule has 1 aliphatic carbocycles. The monoisotopic (exact) mass is 227 g/mol. The van der Waals surface area contributed by atoms with Crippen molar-refractivity contribution < 1.29 is 4.39 Å². The lowest BCUT2D eigenvalue weighted by molar-refractivity contribution is 0.138. The van der Waals surface area contributed by atoms with Crippen LogP contribution in [0.3, 0.4) is 0 Å². The van der Waals surface area contributed by atoms with Crippen LogP contribution in [0.2, 0.25) is 0 Å². The van der Waals surface area contributed by atoms with Gasteiger partial charge in [-0.1, -0.05) is 19.4 Å². The van der Waals surface area contributed by atoms with E-state index in [1.165, 1.54) is 5.57 Å². The van der Waals surface area contributed by atoms with Crippen LogP contribution in [0.25, 0.3) is 0 Å². The predicted octanol–water partition coefficient (Wildman–Crippen LogP) is 3.80. The smallest absolute Gasteiger partial charge is 0.122 e. The van der Waals surface area contributed by atoms with Gasteiger partial charge in [0, 0.05) is 0 Å². The maximum Gasteiger partial charge on any atom is 0.122 e. The highest BCUT2D eigenvalue weighted by Gasteiger charge is 2.43. The highest BCUT2D eigenvalue weighted by atomic mass is 19.1. The van der Waals surface area contributed by atoms with E-state index in [9.17, 15) is 4.39 Å². The molecule has 0 aromatic carbocycles. The van der Waals surface area contributed by atoms with Crippen molar-refractivity contribution >= 4 is 0 Å². The van der Waals surface area contributed by atoms with Crippen LogP contribution in [0.5, 0.6) is 0 Å². The molecule has 2 heteroatoms. The van der Waals surface area contributed by atoms with Crippen molar-refractivity contribution in [2.24, 2.45) is 5.41 Å². The minimum absolute atomic E-state index is 0.218. The first-order valence-corrected chi connectivity index (χ1v) is 6.56. The Bertz CT molecular complexity index is 262. The fraction of sp³-hybridized carbons (Fsp3) is 0.857. The van der Waals surface area contributed by atoms with Crippen LogP contribution >= 0.6 is 0 Å². The molecule has 1 fully saturated rings. The average Bonchev–Trinajstić information content (AvgIpc) is 2.51. The van der Waals surface area contributed by atoms with Gasteiger partial charge in [0.25, 0.3) is 0 Å². The molecule has 1 atom stereocenters. The number of hydrogen-bond donors (Lipinski definition) is 0. The van der Waals surface area contributed by atoms with Gasteiger partial charge in [-0.05, 0) is 64.2 Å². The topological polar surface area (TPSA) is 3.24 Å². The lowest BCUT2D eigenvalue weighted by Gasteiger charge is -2.39. The number of nitrogens with zero attached hydrogens (tertiary/aromatic N) is 1. The van der Waals surface area contributed by atoms with Gasteiger partial charge >= 0.3 is 0 Å². The normalized spacial score (nSPS) is 29.2. The van der Waals surface area contributed by atoms with Crippen molar-refractivity contribution in [1.82, 2.24) is 4.90 Å². The molecule has 16 heavy (non-hydrogen) atoms. The Balaban J connectivity index is 0.000000606. The Morgan fingerprint density at radius 2 is 1.69 bits per heavy atom. The van der Waals surface area contributed by atoms with Gasteiger partial charge in [0.15, 0.2) is 0 Å². The van der Waals surface area contributed by atoms with E-state index in [4.69, 9.17) is 0 Å². The first-order valence-electron chi connectivity index (χ1n) is 6.56. The number of likely N-dealkylation sites (tertiary alicyclic amines) is 1. The first kappa shape index (κ1) is 13.7. The minimum atomic E-state index is -0.668. The third kappa shape index (κ3) is 2.32. The van der Waals surface area contributed by atoms with Crippen LogP contribution in [0, 0.1) is 5.41 Å². The molecular formula is C14H26FN. The number of alkyl halides is 1. The number of hydrogen-bond acceptors (Lipinski definition) is 1. The van der Waals surface area contributed by atoms with Crippen LogP contribution in [0.4, 0.5) is 4.39 Å². The minimum Gasteiger partial charge on any atom is -0.306 e. The van der Waals surface area contributed by atoms with Crippen LogP contribution < -0.4 is 0 Å². The quantitative estimate of drug-likeness (QED) is 0.569. The van der Waals surface area contributed by atoms with Crippen molar-refractivity contribution in [3.8, 4) is 0 Å². The Hall–Kier alpha value is -0.370. The summed E-state index contributed by atoms with van der Waals surface area (Å²) >= 11 is 0. The summed E-state index contributed by atoms with van der Waals surface area (Å²) in [6, 6.07) is 0. The fourth-order valence-corrected chi connectivity index (χ4v) is 2.93. The Labute approximate surface area is 99.7 Å². The van der Waals surface area contributed by atoms with Crippen molar-refractivity contribution in [3.05, 3.63) is 11.1 Å². The second-order valence-corrected chi connectivity index (χ2v) is 5.06. The number of halogens is 1. The summed E-state index contributed by atoms with van der Waals surface area (Å²) in [5.41, 5.74) is 2.57. The van der Waals surface area contributed by atoms with E-state index in [-0.39, 0.29) is 5.41 Å². The summed E-state index contributed by atoms with van der Waals surface area (Å²) in [7, 11) is 2.15. The third-order valence-corrected chi connectivity index (χ3v) is 4.37. The van der Waals surface area contributed by atoms with Gasteiger partial charge in [-0.3, -0.25) is 0 Å². The second-order valence-electron chi connectivity index (χ2n) is 5.06. The molecule has 2 rings (SSSR count). The van der Waals surface area contributed by atoms with Gasteiger partial charge in [-0.2, -0.15) is 0 Å². The molecule has 2 aliphatic rings. The molecule has 0 aromatic heterocycles. The van der Waals surface area contributed by atoms with Gasteiger partial charge in [0.2, 0.25) is 0 Å². The van der Waals surface area contributed by atoms with E-state index < -0.39 is 6.17 Å². The van der Waals surface area contributed by atoms with E-state index in [1.807, 2.05) is 20.8 Å². The molecule has 0 N–H and O–H groups in total. The van der Waals surface area contributed by atoms with E-state index in [0.717, 1.165) is 37.9 Å². The van der Waals surface area contributed by atoms with Crippen LogP contribution in [-0.4, -0.2) is 31.2 Å². The summed E-state index contributed by atoms with van der Waals surface area (Å²) in [6.45, 7) is 10.3. The van der Waals surface area contributed by atoms with E-state index >= 15 is 0 Å². The Morgan fingerprint density at radius 1 is 1.19 bits per heavy atom. The highest BCUT2D eigenvalue weighted by molar-refractivity contribution is 5.30. The van der Waals surface area contributed by atoms with Gasteiger partial charge in [-0.25, -0.2) is 4.39 Å². The van der Waals surface area contributed by atoms with E-state index in [0.29, 0.717) is 0 Å². The molecule has 0 saturated carbocycles. The molecule has 1 heterocycles. The van der Waals surface area contributed by atoms with Crippen molar-refractivity contribution in [2.45, 2.75) is 53.1 Å². The zero-order valence-electron chi connectivity index (χ0n) is 11.4. The highest BCUT2D eigenvalue weighted by Crippen LogP contribution is 2.50. The Kier molecular flexibility index (Phi) is 4.54. The molecule has 94 valence electrons. The predicted molar refractivity (Wildman–Crippen MR) is 68.4 cm³/mol. The number of allylic oxidation sites excluding steroid dienone is 2. The standard InChI is InChI=1S/C12H20FN.C2H6/c1-9-10(2)12(8-11(9)13)4-6-14(3)7-5-12;1-2/h11H,4-8H2,1-3H3;1-2H3. The number of piperidine rings is 1.